The van der Waals surface area contributed by atoms with E-state index in [0.717, 1.165) is 138 Å². The summed E-state index contributed by atoms with van der Waals surface area (Å²) in [6.45, 7) is 8.08. The normalized spacial score (nSPS) is 18.5. The van der Waals surface area contributed by atoms with Crippen molar-refractivity contribution in [2.75, 3.05) is 70.9 Å². The van der Waals surface area contributed by atoms with Crippen molar-refractivity contribution in [3.8, 4) is 0 Å². The Morgan fingerprint density at radius 1 is 0.578 bits per heavy atom. The first-order chi connectivity index (χ1) is 30.3. The van der Waals surface area contributed by atoms with Crippen LogP contribution in [0.1, 0.15) is 93.5 Å². The van der Waals surface area contributed by atoms with E-state index in [1.165, 1.54) is 0 Å². The first-order valence-electron chi connectivity index (χ1n) is 22.1. The number of hydrogen-bond acceptors (Lipinski definition) is 13. The quantitative estimate of drug-likeness (QED) is 0.0985. The van der Waals surface area contributed by atoms with E-state index in [4.69, 9.17) is 16.3 Å². The number of nitrogens with zero attached hydrogens (tertiary/aromatic N) is 9. The van der Waals surface area contributed by atoms with Crippen molar-refractivity contribution in [1.82, 2.24) is 39.5 Å². The molecule has 8 heterocycles. The summed E-state index contributed by atoms with van der Waals surface area (Å²) >= 11 is 0. The van der Waals surface area contributed by atoms with E-state index in [9.17, 15) is 14.4 Å². The number of hydrogen-bond donors (Lipinski definition) is 2. The summed E-state index contributed by atoms with van der Waals surface area (Å²) in [4.78, 5) is 69.3. The van der Waals surface area contributed by atoms with Crippen LogP contribution in [-0.2, 0) is 27.5 Å². The average molecular weight is 876 g/mol. The fraction of sp³-hybridized carbons (Fsp3) is 0.510. The van der Waals surface area contributed by atoms with Gasteiger partial charge in [0.15, 0.2) is 5.78 Å². The summed E-state index contributed by atoms with van der Waals surface area (Å²) in [6, 6.07) is 15.2. The van der Waals surface area contributed by atoms with Crippen LogP contribution in [0.15, 0.2) is 90.9 Å². The number of likely N-dealkylation sites (tertiary alicyclic amines) is 4. The van der Waals surface area contributed by atoms with Crippen molar-refractivity contribution < 1.29 is 19.2 Å². The minimum Gasteiger partial charge on any atom is -0.399 e. The molecule has 0 unspecified atom stereocenters. The molecule has 15 heteroatoms. The van der Waals surface area contributed by atoms with Gasteiger partial charge in [-0.1, -0.05) is 32.1 Å². The van der Waals surface area contributed by atoms with Crippen molar-refractivity contribution in [2.24, 2.45) is 28.8 Å². The van der Waals surface area contributed by atoms with Crippen LogP contribution in [0.25, 0.3) is 0 Å². The van der Waals surface area contributed by atoms with E-state index in [0.29, 0.717) is 24.7 Å². The number of oxime groups is 1. The molecule has 0 aliphatic carbocycles. The van der Waals surface area contributed by atoms with Crippen LogP contribution < -0.4 is 11.5 Å². The van der Waals surface area contributed by atoms with Gasteiger partial charge in [-0.05, 0) is 125 Å². The number of aromatic nitrogens is 4. The van der Waals surface area contributed by atoms with E-state index in [1.54, 1.807) is 50.4 Å². The van der Waals surface area contributed by atoms with Crippen LogP contribution in [0.3, 0.4) is 0 Å². The molecule has 0 spiro atoms. The minimum absolute atomic E-state index is 0. The molecule has 8 rings (SSSR count). The third-order valence-electron chi connectivity index (χ3n) is 13.0. The Bertz CT molecular complexity index is 2090. The summed E-state index contributed by atoms with van der Waals surface area (Å²) in [7, 11) is 1.57. The second-order valence-electron chi connectivity index (χ2n) is 16.9. The van der Waals surface area contributed by atoms with E-state index in [-0.39, 0.29) is 50.2 Å². The number of nitrogens with two attached hydrogens (primary N) is 2. The summed E-state index contributed by atoms with van der Waals surface area (Å²) in [5, 5.41) is 4.26. The molecule has 344 valence electrons. The largest absolute Gasteiger partial charge is 0.399 e. The van der Waals surface area contributed by atoms with Gasteiger partial charge in [0.25, 0.3) is 0 Å². The Kier molecular flexibility index (Phi) is 18.7. The Morgan fingerprint density at radius 2 is 1.00 bits per heavy atom. The van der Waals surface area contributed by atoms with Crippen molar-refractivity contribution in [3.05, 3.63) is 108 Å². The van der Waals surface area contributed by atoms with Gasteiger partial charge in [0.1, 0.15) is 18.5 Å². The molecule has 0 saturated carbocycles. The number of Topliss-reactive ketones (excluding diaryl/α,β-unsaturated/α-hetero) is 1. The Balaban J connectivity index is 0.000000234. The zero-order valence-corrected chi connectivity index (χ0v) is 35.9. The summed E-state index contributed by atoms with van der Waals surface area (Å²) in [6.07, 6.45) is 17.1. The third-order valence-corrected chi connectivity index (χ3v) is 13.0. The van der Waals surface area contributed by atoms with Gasteiger partial charge in [0, 0.05) is 87.7 Å². The molecule has 4 aromatic heterocycles. The number of nitrogen functional groups attached to an aromatic ring is 2. The molecule has 0 radical (unpaired) electrons. The molecule has 4 saturated heterocycles. The highest BCUT2D eigenvalue weighted by molar-refractivity contribution is 6.00. The maximum atomic E-state index is 13.2. The number of rotatable bonds is 11. The van der Waals surface area contributed by atoms with Crippen molar-refractivity contribution in [1.29, 1.82) is 0 Å². The number of carbonyl (C=O) groups excluding carboxylic acids is 3. The van der Waals surface area contributed by atoms with Crippen LogP contribution in [0, 0.1) is 23.7 Å². The van der Waals surface area contributed by atoms with Crippen molar-refractivity contribution >= 4 is 34.7 Å². The topological polar surface area (TPSA) is 189 Å². The number of amides is 2. The van der Waals surface area contributed by atoms with E-state index in [2.05, 4.69) is 34.9 Å². The van der Waals surface area contributed by atoms with Gasteiger partial charge in [0.2, 0.25) is 11.8 Å². The lowest BCUT2D eigenvalue weighted by molar-refractivity contribution is -0.139. The molecule has 4 fully saturated rings. The minimum atomic E-state index is -0.0309. The molecule has 4 aliphatic heterocycles. The maximum absolute atomic E-state index is 13.2. The molecule has 0 atom stereocenters. The maximum Gasteiger partial charge on any atom is 0.225 e. The fourth-order valence-corrected chi connectivity index (χ4v) is 9.23. The number of pyridine rings is 4. The predicted molar refractivity (Wildman–Crippen MR) is 252 cm³/mol. The fourth-order valence-electron chi connectivity index (χ4n) is 9.23. The number of piperidine rings is 4. The molecular formula is C49H69N11O4. The molecule has 0 bridgehead atoms. The zero-order chi connectivity index (χ0) is 43.3. The lowest BCUT2D eigenvalue weighted by atomic mass is 9.88. The van der Waals surface area contributed by atoms with Gasteiger partial charge < -0.3 is 26.1 Å². The monoisotopic (exact) mass is 876 g/mol. The van der Waals surface area contributed by atoms with Gasteiger partial charge in [-0.25, -0.2) is 0 Å². The molecular weight excluding hydrogens is 807 g/mol. The molecule has 0 aromatic carbocycles. The summed E-state index contributed by atoms with van der Waals surface area (Å²) in [5.41, 5.74) is 17.9. The Morgan fingerprint density at radius 3 is 1.41 bits per heavy atom. The highest BCUT2D eigenvalue weighted by Crippen LogP contribution is 2.29. The lowest BCUT2D eigenvalue weighted by Crippen LogP contribution is -2.46. The highest BCUT2D eigenvalue weighted by Gasteiger charge is 2.35. The second kappa shape index (κ2) is 24.3. The van der Waals surface area contributed by atoms with Gasteiger partial charge in [-0.2, -0.15) is 0 Å². The van der Waals surface area contributed by atoms with Crippen LogP contribution in [0.5, 0.6) is 0 Å². The van der Waals surface area contributed by atoms with E-state index < -0.39 is 0 Å². The smallest absolute Gasteiger partial charge is 0.225 e. The zero-order valence-electron chi connectivity index (χ0n) is 35.9. The molecule has 4 N–H and O–H groups in total. The van der Waals surface area contributed by atoms with E-state index >= 15 is 0 Å². The number of ketones is 1. The number of carbonyl (C=O) groups is 3. The van der Waals surface area contributed by atoms with Crippen LogP contribution in [0.4, 0.5) is 11.4 Å². The van der Waals surface area contributed by atoms with Crippen molar-refractivity contribution in [3.63, 3.8) is 0 Å². The molecule has 64 heavy (non-hydrogen) atoms. The van der Waals surface area contributed by atoms with Crippen LogP contribution >= 0.6 is 0 Å². The number of anilines is 2. The lowest BCUT2D eigenvalue weighted by Gasteiger charge is -2.37. The summed E-state index contributed by atoms with van der Waals surface area (Å²) in [5.74, 6) is 1.07. The van der Waals surface area contributed by atoms with Crippen molar-refractivity contribution in [2.45, 2.75) is 79.3 Å². The standard InChI is InChI=1S/C24H32N6O2.C23H29N5O2.2CH4/c1-32-28-23(22-4-2-3-10-27-22)18-8-14-30(15-9-18)24(31)19-6-12-29(13-7-19)17-20-5-11-26-16-21(20)25;24-20-15-25-10-4-19(20)16-27-11-5-18(6-12-27)23(30)28-13-7-17(8-14-28)22(29)21-3-1-2-9-26-21;;/h2-5,10-11,16,18-19H,6-9,12-15,17,25H2,1H3;1-4,9-10,15,17-18H,5-8,11-14,16,24H2;2*1H4. The molecule has 15 nitrogen and oxygen atoms in total. The second-order valence-corrected chi connectivity index (χ2v) is 16.9. The highest BCUT2D eigenvalue weighted by atomic mass is 16.6. The van der Waals surface area contributed by atoms with Gasteiger partial charge in [0.05, 0.1) is 29.5 Å². The third kappa shape index (κ3) is 12.9. The summed E-state index contributed by atoms with van der Waals surface area (Å²) < 4.78 is 0. The first-order valence-corrected chi connectivity index (χ1v) is 22.1. The van der Waals surface area contributed by atoms with Gasteiger partial charge in [-0.3, -0.25) is 44.1 Å². The average Bonchev–Trinajstić information content (AvgIpc) is 3.33. The SMILES string of the molecule is C.C.CON=C(c1ccccn1)C1CCN(C(=O)C2CCN(Cc3ccncc3N)CC2)CC1.Nc1cnccc1CN1CCC(C(=O)N2CCC(C(=O)c3ccccn3)CC2)CC1. The Hall–Kier alpha value is -5.80. The first kappa shape index (κ1) is 49.2. The molecule has 4 aliphatic rings. The van der Waals surface area contributed by atoms with Gasteiger partial charge in [-0.15, -0.1) is 0 Å². The Labute approximate surface area is 379 Å². The predicted octanol–water partition coefficient (Wildman–Crippen LogP) is 6.22. The van der Waals surface area contributed by atoms with E-state index in [1.807, 2.05) is 52.3 Å². The van der Waals surface area contributed by atoms with Gasteiger partial charge >= 0.3 is 0 Å². The van der Waals surface area contributed by atoms with Crippen LogP contribution in [-0.4, -0.2) is 122 Å². The molecule has 4 aromatic rings. The van der Waals surface area contributed by atoms with Crippen LogP contribution in [0.2, 0.25) is 0 Å². The molecule has 2 amide bonds.